The molecule has 0 aliphatic carbocycles. The zero-order valence-corrected chi connectivity index (χ0v) is 8.93. The summed E-state index contributed by atoms with van der Waals surface area (Å²) in [6.45, 7) is 3.50. The van der Waals surface area contributed by atoms with Crippen LogP contribution in [0.1, 0.15) is 19.4 Å². The van der Waals surface area contributed by atoms with Crippen LogP contribution in [0.25, 0.3) is 6.08 Å². The minimum Gasteiger partial charge on any atom is -0.298 e. The van der Waals surface area contributed by atoms with Gasteiger partial charge in [0.15, 0.2) is 11.6 Å². The summed E-state index contributed by atoms with van der Waals surface area (Å²) in [5.41, 5.74) is 0.194. The van der Waals surface area contributed by atoms with Gasteiger partial charge in [-0.2, -0.15) is 0 Å². The smallest absolute Gasteiger partial charge is 0.161 e. The highest BCUT2D eigenvalue weighted by atomic mass is 19.2. The maximum Gasteiger partial charge on any atom is 0.161 e. The van der Waals surface area contributed by atoms with E-state index in [9.17, 15) is 18.0 Å². The van der Waals surface area contributed by atoms with E-state index in [1.807, 2.05) is 0 Å². The Morgan fingerprint density at radius 3 is 2.19 bits per heavy atom. The number of allylic oxidation sites excluding steroid dienone is 1. The van der Waals surface area contributed by atoms with Gasteiger partial charge in [0, 0.05) is 11.6 Å². The number of carbonyl (C=O) groups is 1. The second-order valence-electron chi connectivity index (χ2n) is 3.70. The molecule has 0 radical (unpaired) electrons. The van der Waals surface area contributed by atoms with Crippen LogP contribution >= 0.6 is 0 Å². The number of carbonyl (C=O) groups excluding carboxylic acids is 1. The van der Waals surface area contributed by atoms with Crippen molar-refractivity contribution in [3.8, 4) is 0 Å². The van der Waals surface area contributed by atoms with Crippen molar-refractivity contribution in [3.63, 3.8) is 0 Å². The minimum atomic E-state index is -1.24. The highest BCUT2D eigenvalue weighted by Gasteiger charge is 2.10. The third-order valence-corrected chi connectivity index (χ3v) is 2.16. The van der Waals surface area contributed by atoms with E-state index < -0.39 is 17.5 Å². The zero-order valence-electron chi connectivity index (χ0n) is 8.93. The van der Waals surface area contributed by atoms with Crippen molar-refractivity contribution in [1.82, 2.24) is 0 Å². The van der Waals surface area contributed by atoms with E-state index in [0.717, 1.165) is 6.07 Å². The van der Waals surface area contributed by atoms with E-state index in [2.05, 4.69) is 0 Å². The summed E-state index contributed by atoms with van der Waals surface area (Å²) in [6.07, 6.45) is 1.79. The Morgan fingerprint density at radius 2 is 1.69 bits per heavy atom. The molecule has 0 spiro atoms. The van der Waals surface area contributed by atoms with Crippen LogP contribution in [0.15, 0.2) is 17.7 Å². The fraction of sp³-hybridized carbons (Fsp3) is 0.250. The molecule has 1 nitrogen and oxygen atoms in total. The molecule has 0 aliphatic heterocycles. The van der Waals surface area contributed by atoms with Crippen LogP contribution < -0.4 is 0 Å². The maximum absolute atomic E-state index is 13.2. The van der Waals surface area contributed by atoms with Gasteiger partial charge in [-0.05, 0) is 23.6 Å². The lowest BCUT2D eigenvalue weighted by Gasteiger charge is -2.05. The molecule has 0 N–H and O–H groups in total. The lowest BCUT2D eigenvalue weighted by Crippen LogP contribution is -1.97. The molecule has 0 unspecified atom stereocenters. The second kappa shape index (κ2) is 4.96. The maximum atomic E-state index is 13.2. The van der Waals surface area contributed by atoms with Crippen LogP contribution in [-0.4, -0.2) is 6.29 Å². The first-order valence-electron chi connectivity index (χ1n) is 4.77. The van der Waals surface area contributed by atoms with Gasteiger partial charge in [0.2, 0.25) is 0 Å². The third-order valence-electron chi connectivity index (χ3n) is 2.16. The second-order valence-corrected chi connectivity index (χ2v) is 3.70. The molecule has 0 bridgehead atoms. The highest BCUT2D eigenvalue weighted by Crippen LogP contribution is 2.18. The van der Waals surface area contributed by atoms with Crippen molar-refractivity contribution in [2.45, 2.75) is 13.8 Å². The molecule has 0 heterocycles. The number of rotatable bonds is 3. The van der Waals surface area contributed by atoms with Crippen LogP contribution in [0.2, 0.25) is 0 Å². The molecule has 4 heteroatoms. The van der Waals surface area contributed by atoms with Crippen LogP contribution in [0.4, 0.5) is 13.2 Å². The van der Waals surface area contributed by atoms with Crippen molar-refractivity contribution in [3.05, 3.63) is 40.7 Å². The largest absolute Gasteiger partial charge is 0.298 e. The van der Waals surface area contributed by atoms with Crippen molar-refractivity contribution >= 4 is 12.4 Å². The Bertz CT molecular complexity index is 436. The van der Waals surface area contributed by atoms with E-state index in [-0.39, 0.29) is 11.5 Å². The first kappa shape index (κ1) is 12.5. The molecule has 0 saturated heterocycles. The number of halogens is 3. The Balaban J connectivity index is 3.24. The Kier molecular flexibility index (Phi) is 3.88. The van der Waals surface area contributed by atoms with Gasteiger partial charge in [-0.25, -0.2) is 13.2 Å². The van der Waals surface area contributed by atoms with Gasteiger partial charge in [-0.15, -0.1) is 0 Å². The Labute approximate surface area is 91.6 Å². The summed E-state index contributed by atoms with van der Waals surface area (Å²) >= 11 is 0. The Hall–Kier alpha value is -1.58. The van der Waals surface area contributed by atoms with Crippen molar-refractivity contribution in [2.24, 2.45) is 5.92 Å². The van der Waals surface area contributed by atoms with E-state index in [4.69, 9.17) is 0 Å². The lowest BCUT2D eigenvalue weighted by molar-refractivity contribution is -0.105. The van der Waals surface area contributed by atoms with Gasteiger partial charge in [-0.1, -0.05) is 13.8 Å². The number of aldehydes is 1. The summed E-state index contributed by atoms with van der Waals surface area (Å²) < 4.78 is 38.7. The average Bonchev–Trinajstić information content (AvgIpc) is 2.21. The van der Waals surface area contributed by atoms with Gasteiger partial charge in [0.1, 0.15) is 12.1 Å². The van der Waals surface area contributed by atoms with E-state index in [1.54, 1.807) is 13.8 Å². The summed E-state index contributed by atoms with van der Waals surface area (Å²) in [4.78, 5) is 10.7. The van der Waals surface area contributed by atoms with Gasteiger partial charge >= 0.3 is 0 Å². The standard InChI is InChI=1S/C12H11F3O/c1-7(2)9(6-16)3-8-4-11(14)12(15)5-10(8)13/h3-7H,1-2H3/b9-3+. The molecule has 1 rings (SSSR count). The topological polar surface area (TPSA) is 17.1 Å². The summed E-state index contributed by atoms with van der Waals surface area (Å²) in [5.74, 6) is -3.38. The van der Waals surface area contributed by atoms with Gasteiger partial charge in [-0.3, -0.25) is 4.79 Å². The number of hydrogen-bond donors (Lipinski definition) is 0. The summed E-state index contributed by atoms with van der Waals surface area (Å²) in [5, 5.41) is 0. The van der Waals surface area contributed by atoms with Gasteiger partial charge in [0.05, 0.1) is 0 Å². The lowest BCUT2D eigenvalue weighted by atomic mass is 10.0. The molecule has 0 saturated carbocycles. The first-order chi connectivity index (χ1) is 7.45. The van der Waals surface area contributed by atoms with Crippen molar-refractivity contribution in [1.29, 1.82) is 0 Å². The molecule has 0 fully saturated rings. The monoisotopic (exact) mass is 228 g/mol. The van der Waals surface area contributed by atoms with Crippen LogP contribution in [-0.2, 0) is 4.79 Å². The average molecular weight is 228 g/mol. The third kappa shape index (κ3) is 2.72. The predicted molar refractivity (Wildman–Crippen MR) is 55.2 cm³/mol. The van der Waals surface area contributed by atoms with E-state index in [1.165, 1.54) is 6.08 Å². The quantitative estimate of drug-likeness (QED) is 0.440. The number of hydrogen-bond acceptors (Lipinski definition) is 1. The first-order valence-corrected chi connectivity index (χ1v) is 4.77. The van der Waals surface area contributed by atoms with Crippen molar-refractivity contribution in [2.75, 3.05) is 0 Å². The van der Waals surface area contributed by atoms with Gasteiger partial charge < -0.3 is 0 Å². The molecule has 16 heavy (non-hydrogen) atoms. The van der Waals surface area contributed by atoms with Crippen LogP contribution in [0, 0.1) is 23.4 Å². The minimum absolute atomic E-state index is 0.106. The van der Waals surface area contributed by atoms with E-state index >= 15 is 0 Å². The predicted octanol–water partition coefficient (Wildman–Crippen LogP) is 3.34. The molecule has 0 amide bonds. The molecule has 0 aliphatic rings. The fourth-order valence-electron chi connectivity index (χ4n) is 1.16. The number of benzene rings is 1. The van der Waals surface area contributed by atoms with Crippen LogP contribution in [0.5, 0.6) is 0 Å². The molecule has 86 valence electrons. The summed E-state index contributed by atoms with van der Waals surface area (Å²) in [6, 6.07) is 1.19. The molecular formula is C12H11F3O. The molecule has 0 aromatic heterocycles. The highest BCUT2D eigenvalue weighted by molar-refractivity contribution is 5.82. The fourth-order valence-corrected chi connectivity index (χ4v) is 1.16. The SMILES string of the molecule is CC(C)/C(C=O)=C/c1cc(F)c(F)cc1F. The molecule has 0 atom stereocenters. The zero-order chi connectivity index (χ0) is 12.3. The Morgan fingerprint density at radius 1 is 1.12 bits per heavy atom. The molecular weight excluding hydrogens is 217 g/mol. The van der Waals surface area contributed by atoms with Crippen LogP contribution in [0.3, 0.4) is 0 Å². The summed E-state index contributed by atoms with van der Waals surface area (Å²) in [7, 11) is 0. The normalized spacial score (nSPS) is 12.0. The molecule has 1 aromatic carbocycles. The van der Waals surface area contributed by atoms with Crippen molar-refractivity contribution < 1.29 is 18.0 Å². The van der Waals surface area contributed by atoms with Gasteiger partial charge in [0.25, 0.3) is 0 Å². The van der Waals surface area contributed by atoms with E-state index in [0.29, 0.717) is 17.9 Å². The molecule has 1 aromatic rings.